The molecule has 3 heterocycles. The van der Waals surface area contributed by atoms with Crippen LogP contribution in [0, 0.1) is 0 Å². The molecule has 0 saturated heterocycles. The minimum Gasteiger partial charge on any atom is -0.491 e. The van der Waals surface area contributed by atoms with Crippen LogP contribution in [0.25, 0.3) is 22.2 Å². The highest BCUT2D eigenvalue weighted by Gasteiger charge is 2.09. The van der Waals surface area contributed by atoms with Gasteiger partial charge in [0.15, 0.2) is 0 Å². The smallest absolute Gasteiger partial charge is 0.266 e. The topological polar surface area (TPSA) is 139 Å². The van der Waals surface area contributed by atoms with E-state index in [0.717, 1.165) is 27.6 Å². The number of aromatic nitrogens is 5. The summed E-state index contributed by atoms with van der Waals surface area (Å²) in [6.07, 6.45) is 6.21. The number of nitrogens with zero attached hydrogens (tertiary/aromatic N) is 5. The lowest BCUT2D eigenvalue weighted by molar-refractivity contribution is -0.116. The molecule has 6 aromatic rings. The molecule has 11 nitrogen and oxygen atoms in total. The van der Waals surface area contributed by atoms with E-state index in [1.54, 1.807) is 41.3 Å². The predicted molar refractivity (Wildman–Crippen MR) is 177 cm³/mol. The third kappa shape index (κ3) is 7.39. The van der Waals surface area contributed by atoms with Crippen molar-refractivity contribution >= 4 is 28.2 Å². The van der Waals surface area contributed by atoms with Crippen molar-refractivity contribution in [2.75, 3.05) is 17.7 Å². The molecule has 0 aliphatic heterocycles. The average molecular weight is 616 g/mol. The minimum absolute atomic E-state index is 0.0807. The third-order valence-corrected chi connectivity index (χ3v) is 7.41. The third-order valence-electron chi connectivity index (χ3n) is 7.41. The number of carbonyl (C=O) groups is 1. The fraction of sp³-hybridized carbons (Fsp3) is 0.171. The SMILES string of the molecule is Cn1cc(-c2ccc(=O)n(CCOc3ccnc4cc(OCc5ccc(CCC(=O)Nc6ccccc6N)cc5)ccc34)n2)cn1. The number of hydrogen-bond acceptors (Lipinski definition) is 8. The van der Waals surface area contributed by atoms with Crippen LogP contribution >= 0.6 is 0 Å². The van der Waals surface area contributed by atoms with Crippen LogP contribution < -0.4 is 26.1 Å². The van der Waals surface area contributed by atoms with Gasteiger partial charge in [0.25, 0.3) is 5.56 Å². The number of nitrogen functional groups attached to an aromatic ring is 1. The molecule has 1 amide bonds. The van der Waals surface area contributed by atoms with Gasteiger partial charge in [0, 0.05) is 48.9 Å². The quantitative estimate of drug-likeness (QED) is 0.183. The highest BCUT2D eigenvalue weighted by molar-refractivity contribution is 5.93. The van der Waals surface area contributed by atoms with E-state index in [9.17, 15) is 9.59 Å². The zero-order chi connectivity index (χ0) is 31.9. The maximum Gasteiger partial charge on any atom is 0.266 e. The largest absolute Gasteiger partial charge is 0.491 e. The Bertz CT molecular complexity index is 2040. The number of ether oxygens (including phenoxy) is 2. The van der Waals surface area contributed by atoms with Crippen LogP contribution in [0.4, 0.5) is 11.4 Å². The second-order valence-corrected chi connectivity index (χ2v) is 10.8. The molecule has 0 radical (unpaired) electrons. The van der Waals surface area contributed by atoms with Gasteiger partial charge in [0.1, 0.15) is 24.7 Å². The van der Waals surface area contributed by atoms with Crippen molar-refractivity contribution in [3.8, 4) is 22.8 Å². The number of amides is 1. The Morgan fingerprint density at radius 3 is 2.59 bits per heavy atom. The van der Waals surface area contributed by atoms with E-state index in [4.69, 9.17) is 15.2 Å². The van der Waals surface area contributed by atoms with Gasteiger partial charge in [-0.2, -0.15) is 10.2 Å². The van der Waals surface area contributed by atoms with E-state index in [2.05, 4.69) is 20.5 Å². The Hall–Kier alpha value is -5.97. The molecule has 0 saturated carbocycles. The van der Waals surface area contributed by atoms with Gasteiger partial charge in [0.05, 0.1) is 35.3 Å². The minimum atomic E-state index is -0.204. The van der Waals surface area contributed by atoms with Gasteiger partial charge in [-0.15, -0.1) is 0 Å². The van der Waals surface area contributed by atoms with Crippen molar-refractivity contribution in [3.05, 3.63) is 125 Å². The van der Waals surface area contributed by atoms with E-state index >= 15 is 0 Å². The molecule has 3 N–H and O–H groups in total. The van der Waals surface area contributed by atoms with Crippen LogP contribution in [-0.4, -0.2) is 37.1 Å². The molecular formula is C35H33N7O4. The molecule has 0 bridgehead atoms. The van der Waals surface area contributed by atoms with Crippen LogP contribution in [0.1, 0.15) is 17.5 Å². The number of rotatable bonds is 12. The molecule has 0 atom stereocenters. The first-order valence-electron chi connectivity index (χ1n) is 14.8. The van der Waals surface area contributed by atoms with Gasteiger partial charge in [-0.05, 0) is 53.9 Å². The number of carbonyl (C=O) groups excluding carboxylic acids is 1. The molecule has 232 valence electrons. The summed E-state index contributed by atoms with van der Waals surface area (Å²) in [5, 5.41) is 12.3. The van der Waals surface area contributed by atoms with Gasteiger partial charge < -0.3 is 20.5 Å². The highest BCUT2D eigenvalue weighted by atomic mass is 16.5. The Morgan fingerprint density at radius 2 is 1.78 bits per heavy atom. The van der Waals surface area contributed by atoms with Crippen molar-refractivity contribution in [2.45, 2.75) is 26.0 Å². The van der Waals surface area contributed by atoms with E-state index in [0.29, 0.717) is 48.0 Å². The summed E-state index contributed by atoms with van der Waals surface area (Å²) in [4.78, 5) is 29.2. The fourth-order valence-electron chi connectivity index (χ4n) is 4.93. The highest BCUT2D eigenvalue weighted by Crippen LogP contribution is 2.28. The lowest BCUT2D eigenvalue weighted by Crippen LogP contribution is -2.25. The summed E-state index contributed by atoms with van der Waals surface area (Å²) in [5.74, 6) is 1.26. The van der Waals surface area contributed by atoms with Crippen molar-refractivity contribution in [2.24, 2.45) is 7.05 Å². The summed E-state index contributed by atoms with van der Waals surface area (Å²) < 4.78 is 15.2. The number of hydrogen-bond donors (Lipinski definition) is 2. The summed E-state index contributed by atoms with van der Waals surface area (Å²) >= 11 is 0. The number of anilines is 2. The maximum atomic E-state index is 12.4. The first kappa shape index (κ1) is 30.1. The summed E-state index contributed by atoms with van der Waals surface area (Å²) in [6, 6.07) is 25.9. The molecular weight excluding hydrogens is 582 g/mol. The molecule has 3 aromatic carbocycles. The molecule has 0 aliphatic carbocycles. The summed E-state index contributed by atoms with van der Waals surface area (Å²) in [5.41, 5.74) is 11.2. The van der Waals surface area contributed by atoms with Crippen LogP contribution in [-0.2, 0) is 31.4 Å². The standard InChI is InChI=1S/C35H33N7O4/c1-41-22-26(21-38-41)30-13-15-35(44)42(40-30)18-19-45-33-16-17-37-32-20-27(11-12-28(32)33)46-23-25-8-6-24(7-9-25)10-14-34(43)39-31-5-3-2-4-29(31)36/h2-9,11-13,15-17,20-22H,10,14,18-19,23,36H2,1H3,(H,39,43). The molecule has 3 aromatic heterocycles. The predicted octanol–water partition coefficient (Wildman–Crippen LogP) is 5.00. The molecule has 0 aliphatic rings. The number of benzene rings is 3. The molecule has 46 heavy (non-hydrogen) atoms. The normalized spacial score (nSPS) is 11.0. The number of nitrogens with one attached hydrogen (secondary N) is 1. The van der Waals surface area contributed by atoms with Gasteiger partial charge in [-0.25, -0.2) is 4.68 Å². The molecule has 0 spiro atoms. The van der Waals surface area contributed by atoms with E-state index in [-0.39, 0.29) is 24.6 Å². The van der Waals surface area contributed by atoms with Crippen LogP contribution in [0.5, 0.6) is 11.5 Å². The monoisotopic (exact) mass is 615 g/mol. The van der Waals surface area contributed by atoms with Gasteiger partial charge >= 0.3 is 0 Å². The maximum absolute atomic E-state index is 12.4. The summed E-state index contributed by atoms with van der Waals surface area (Å²) in [6.45, 7) is 0.922. The number of aryl methyl sites for hydroxylation is 2. The fourth-order valence-corrected chi connectivity index (χ4v) is 4.93. The second-order valence-electron chi connectivity index (χ2n) is 10.8. The number of nitrogens with two attached hydrogens (primary N) is 1. The van der Waals surface area contributed by atoms with E-state index < -0.39 is 0 Å². The summed E-state index contributed by atoms with van der Waals surface area (Å²) in [7, 11) is 1.83. The van der Waals surface area contributed by atoms with Crippen molar-refractivity contribution < 1.29 is 14.3 Å². The Morgan fingerprint density at radius 1 is 0.957 bits per heavy atom. The number of fused-ring (bicyclic) bond motifs is 1. The lowest BCUT2D eigenvalue weighted by atomic mass is 10.1. The Balaban J connectivity index is 1.01. The first-order chi connectivity index (χ1) is 22.4. The molecule has 0 unspecified atom stereocenters. The van der Waals surface area contributed by atoms with Crippen molar-refractivity contribution in [1.82, 2.24) is 24.5 Å². The van der Waals surface area contributed by atoms with Gasteiger partial charge in [-0.3, -0.25) is 19.3 Å². The number of pyridine rings is 1. The van der Waals surface area contributed by atoms with Crippen LogP contribution in [0.15, 0.2) is 108 Å². The lowest BCUT2D eigenvalue weighted by Gasteiger charge is -2.12. The zero-order valence-corrected chi connectivity index (χ0v) is 25.3. The average Bonchev–Trinajstić information content (AvgIpc) is 3.51. The number of para-hydroxylation sites is 2. The van der Waals surface area contributed by atoms with Crippen molar-refractivity contribution in [1.29, 1.82) is 0 Å². The second kappa shape index (κ2) is 13.8. The molecule has 6 rings (SSSR count). The molecule has 11 heteroatoms. The van der Waals surface area contributed by atoms with Gasteiger partial charge in [0.2, 0.25) is 5.91 Å². The Kier molecular flexibility index (Phi) is 9.00. The zero-order valence-electron chi connectivity index (χ0n) is 25.3. The molecule has 0 fully saturated rings. The van der Waals surface area contributed by atoms with Crippen LogP contribution in [0.2, 0.25) is 0 Å². The van der Waals surface area contributed by atoms with Gasteiger partial charge in [-0.1, -0.05) is 36.4 Å². The van der Waals surface area contributed by atoms with Crippen LogP contribution in [0.3, 0.4) is 0 Å². The van der Waals surface area contributed by atoms with Crippen molar-refractivity contribution in [3.63, 3.8) is 0 Å². The first-order valence-corrected chi connectivity index (χ1v) is 14.8. The van der Waals surface area contributed by atoms with E-state index in [1.165, 1.54) is 10.7 Å². The van der Waals surface area contributed by atoms with E-state index in [1.807, 2.05) is 67.8 Å². The Labute approximate surface area is 265 Å².